The van der Waals surface area contributed by atoms with Gasteiger partial charge in [0.15, 0.2) is 0 Å². The summed E-state index contributed by atoms with van der Waals surface area (Å²) >= 11 is 0. The summed E-state index contributed by atoms with van der Waals surface area (Å²) < 4.78 is 4.78. The Labute approximate surface area is 131 Å². The van der Waals surface area contributed by atoms with Crippen LogP contribution < -0.4 is 43.7 Å². The van der Waals surface area contributed by atoms with Gasteiger partial charge in [-0.1, -0.05) is 0 Å². The van der Waals surface area contributed by atoms with Crippen molar-refractivity contribution in [3.63, 3.8) is 0 Å². The summed E-state index contributed by atoms with van der Waals surface area (Å²) in [6, 6.07) is 9.55. The van der Waals surface area contributed by atoms with E-state index in [1.807, 2.05) is 0 Å². The molecule has 1 aromatic carbocycles. The summed E-state index contributed by atoms with van der Waals surface area (Å²) in [5, 5.41) is 0. The van der Waals surface area contributed by atoms with Gasteiger partial charge in [-0.2, -0.15) is 30.3 Å². The molecule has 15 heavy (non-hydrogen) atoms. The average Bonchev–Trinajstić information content (AvgIpc) is 2.07. The zero-order valence-electron chi connectivity index (χ0n) is 8.80. The van der Waals surface area contributed by atoms with E-state index in [4.69, 9.17) is 4.74 Å². The van der Waals surface area contributed by atoms with E-state index in [-0.39, 0.29) is 72.7 Å². The van der Waals surface area contributed by atoms with Gasteiger partial charge in [-0.05, 0) is 12.5 Å². The second-order valence-electron chi connectivity index (χ2n) is 2.01. The Bertz CT molecular complexity index is 247. The summed E-state index contributed by atoms with van der Waals surface area (Å²) in [5.41, 5.74) is 0.575. The van der Waals surface area contributed by atoms with Gasteiger partial charge in [0, 0.05) is 0 Å². The molecule has 0 aliphatic heterocycles. The second kappa shape index (κ2) is 14.6. The van der Waals surface area contributed by atoms with E-state index in [0.717, 1.165) is 0 Å². The predicted octanol–water partition coefficient (Wildman–Crippen LogP) is -7.71. The first-order chi connectivity index (χ1) is 5.34. The van der Waals surface area contributed by atoms with Crippen LogP contribution in [0.4, 0.5) is 0 Å². The largest absolute Gasteiger partial charge is 2.00 e. The third-order valence-electron chi connectivity index (χ3n) is 1.23. The van der Waals surface area contributed by atoms with E-state index >= 15 is 0 Å². The molecule has 0 heterocycles. The van der Waals surface area contributed by atoms with Crippen molar-refractivity contribution in [3.8, 4) is 0 Å². The molecule has 0 aliphatic rings. The van der Waals surface area contributed by atoms with Crippen molar-refractivity contribution in [2.24, 2.45) is 0 Å². The molecule has 0 bridgehead atoms. The zero-order chi connectivity index (χ0) is 8.10. The molecule has 6 heteroatoms. The van der Waals surface area contributed by atoms with E-state index in [1.54, 1.807) is 31.2 Å². The van der Waals surface area contributed by atoms with Crippen molar-refractivity contribution in [1.29, 1.82) is 0 Å². The number of ether oxygens (including phenoxy) is 1. The van der Waals surface area contributed by atoms with Gasteiger partial charge in [-0.25, -0.2) is 4.79 Å². The summed E-state index contributed by atoms with van der Waals surface area (Å²) in [6.45, 7) is 2.20. The van der Waals surface area contributed by atoms with Crippen LogP contribution >= 0.6 is 0 Å². The van der Waals surface area contributed by atoms with Crippen LogP contribution in [0.2, 0.25) is 0 Å². The number of hydrogen-bond donors (Lipinski definition) is 0. The monoisotopic (exact) mass is 250 g/mol. The Kier molecular flexibility index (Phi) is 24.1. The fraction of sp³-hybridized carbons (Fsp3) is 0.222. The molecule has 0 unspecified atom stereocenters. The second-order valence-corrected chi connectivity index (χ2v) is 2.01. The van der Waals surface area contributed by atoms with E-state index in [2.05, 4.69) is 6.07 Å². The van der Waals surface area contributed by atoms with Crippen LogP contribution in [0.15, 0.2) is 24.3 Å². The van der Waals surface area contributed by atoms with Crippen molar-refractivity contribution < 1.29 is 53.2 Å². The maximum atomic E-state index is 11.0. The molecule has 1 rings (SSSR count). The molecule has 0 aliphatic carbocycles. The fourth-order valence-electron chi connectivity index (χ4n) is 0.737. The molecule has 0 saturated carbocycles. The van der Waals surface area contributed by atoms with Gasteiger partial charge in [0.1, 0.15) is 0 Å². The van der Waals surface area contributed by atoms with Gasteiger partial charge < -0.3 is 29.6 Å². The molecule has 0 N–H and O–H groups in total. The van der Waals surface area contributed by atoms with Crippen LogP contribution in [-0.4, -0.2) is 35.6 Å². The molecule has 0 amide bonds. The van der Waals surface area contributed by atoms with E-state index in [9.17, 15) is 4.79 Å². The third-order valence-corrected chi connectivity index (χ3v) is 1.23. The van der Waals surface area contributed by atoms with Crippen LogP contribution in [0.25, 0.3) is 0 Å². The minimum Gasteiger partial charge on any atom is -1.00 e. The van der Waals surface area contributed by atoms with Gasteiger partial charge in [0.25, 0.3) is 0 Å². The van der Waals surface area contributed by atoms with Crippen LogP contribution in [-0.2, 0) is 4.74 Å². The Balaban J connectivity index is -0.000000151. The van der Waals surface area contributed by atoms with Gasteiger partial charge in [-0.3, -0.25) is 0 Å². The molecule has 2 nitrogen and oxygen atoms in total. The minimum atomic E-state index is -0.276. The maximum absolute atomic E-state index is 11.0. The number of carbonyl (C=O) groups is 1. The number of esters is 1. The van der Waals surface area contributed by atoms with Crippen molar-refractivity contribution in [2.45, 2.75) is 6.92 Å². The minimum absolute atomic E-state index is 0. The Morgan fingerprint density at radius 3 is 2.20 bits per heavy atom. The molecule has 1 aromatic rings. The van der Waals surface area contributed by atoms with Crippen molar-refractivity contribution >= 4 is 29.0 Å². The number of carbonyl (C=O) groups excluding carboxylic acids is 1. The van der Waals surface area contributed by atoms with Crippen LogP contribution in [0.5, 0.6) is 0 Å². The first kappa shape index (κ1) is 24.7. The summed E-state index contributed by atoms with van der Waals surface area (Å²) in [4.78, 5) is 11.0. The molecule has 74 valence electrons. The zero-order valence-corrected chi connectivity index (χ0v) is 11.7. The molecule has 0 aromatic heterocycles. The maximum Gasteiger partial charge on any atom is 2.00 e. The molecule has 0 radical (unpaired) electrons. The molecule has 0 spiro atoms. The number of halogens is 2. The van der Waals surface area contributed by atoms with Gasteiger partial charge in [0.2, 0.25) is 0 Å². The fourth-order valence-corrected chi connectivity index (χ4v) is 0.737. The molecule has 0 atom stereocenters. The summed E-state index contributed by atoms with van der Waals surface area (Å²) in [6.07, 6.45) is 0. The number of hydrogen-bond acceptors (Lipinski definition) is 2. The van der Waals surface area contributed by atoms with Gasteiger partial charge in [-0.15, -0.1) is 0 Å². The number of benzene rings is 1. The standard InChI is InChI=1S/C9H9O2.2ClH.Li.Mg/c1-2-11-9(10)8-6-4-3-5-7-8;;;;/h4-7H,2H2,1H3;2*1H;;/q-1;;;+1;+2/p-2. The molecular formula is C9H9Cl2LiMgO2. The van der Waals surface area contributed by atoms with Crippen molar-refractivity contribution in [2.75, 3.05) is 6.61 Å². The van der Waals surface area contributed by atoms with Crippen LogP contribution in [0, 0.1) is 6.07 Å². The Morgan fingerprint density at radius 1 is 1.33 bits per heavy atom. The number of rotatable bonds is 2. The molecular weight excluding hydrogens is 242 g/mol. The average molecular weight is 251 g/mol. The van der Waals surface area contributed by atoms with E-state index < -0.39 is 0 Å². The third kappa shape index (κ3) is 9.56. The van der Waals surface area contributed by atoms with Crippen molar-refractivity contribution in [3.05, 3.63) is 35.9 Å². The van der Waals surface area contributed by atoms with Gasteiger partial charge >= 0.3 is 47.9 Å². The topological polar surface area (TPSA) is 26.3 Å². The summed E-state index contributed by atoms with van der Waals surface area (Å²) in [5.74, 6) is -0.276. The first-order valence-corrected chi connectivity index (χ1v) is 3.48. The molecule has 0 fully saturated rings. The summed E-state index contributed by atoms with van der Waals surface area (Å²) in [7, 11) is 0. The normalized spacial score (nSPS) is 6.73. The van der Waals surface area contributed by atoms with E-state index in [0.29, 0.717) is 12.2 Å². The van der Waals surface area contributed by atoms with Gasteiger partial charge in [0.05, 0.1) is 6.61 Å². The van der Waals surface area contributed by atoms with E-state index in [1.165, 1.54) is 0 Å². The van der Waals surface area contributed by atoms with Crippen LogP contribution in [0.3, 0.4) is 0 Å². The van der Waals surface area contributed by atoms with Crippen molar-refractivity contribution in [1.82, 2.24) is 0 Å². The smallest absolute Gasteiger partial charge is 1.00 e. The Hall–Kier alpha value is 0.634. The Morgan fingerprint density at radius 2 is 1.80 bits per heavy atom. The SMILES string of the molecule is CCOC(=O)c1cc[c-]cc1.[Cl-].[Cl-].[Li+].[Mg+2]. The first-order valence-electron chi connectivity index (χ1n) is 3.48. The molecule has 0 saturated heterocycles. The quantitative estimate of drug-likeness (QED) is 0.296. The van der Waals surface area contributed by atoms with Crippen LogP contribution in [0.1, 0.15) is 17.3 Å². The predicted molar refractivity (Wildman–Crippen MR) is 47.0 cm³/mol.